The van der Waals surface area contributed by atoms with Gasteiger partial charge in [-0.3, -0.25) is 4.79 Å². The fourth-order valence-corrected chi connectivity index (χ4v) is 2.13. The number of carbonyl (C=O) groups is 1. The van der Waals surface area contributed by atoms with Crippen molar-refractivity contribution < 1.29 is 19.1 Å². The molecule has 0 aliphatic rings. The number of hydrogen-bond acceptors (Lipinski definition) is 4. The van der Waals surface area contributed by atoms with E-state index in [0.717, 1.165) is 0 Å². The molecule has 0 aliphatic heterocycles. The van der Waals surface area contributed by atoms with Crippen molar-refractivity contribution in [2.45, 2.75) is 32.2 Å². The van der Waals surface area contributed by atoms with Gasteiger partial charge in [-0.1, -0.05) is 32.9 Å². The minimum absolute atomic E-state index is 0.0767. The average Bonchev–Trinajstić information content (AvgIpc) is 3.04. The molecule has 2 aromatic rings. The number of benzene rings is 1. The third-order valence-electron chi connectivity index (χ3n) is 3.49. The number of furan rings is 1. The van der Waals surface area contributed by atoms with E-state index in [9.17, 15) is 9.90 Å². The zero-order valence-electron chi connectivity index (χ0n) is 13.7. The summed E-state index contributed by atoms with van der Waals surface area (Å²) in [6, 6.07) is 10.5. The topological polar surface area (TPSA) is 71.7 Å². The molecule has 1 atom stereocenters. The predicted octanol–water partition coefficient (Wildman–Crippen LogP) is 2.81. The first kappa shape index (κ1) is 17.1. The minimum Gasteiger partial charge on any atom is -0.484 e. The van der Waals surface area contributed by atoms with E-state index in [-0.39, 0.29) is 24.5 Å². The standard InChI is InChI=1S/C18H23NO4/c1-18(2,3)13-6-8-14(9-7-13)23-12-17(21)19-15(11-20)16-5-4-10-22-16/h4-10,15,20H,11-12H2,1-3H3,(H,19,21). The van der Waals surface area contributed by atoms with Crippen molar-refractivity contribution in [2.24, 2.45) is 0 Å². The molecule has 0 radical (unpaired) electrons. The molecule has 1 heterocycles. The first-order valence-electron chi connectivity index (χ1n) is 7.57. The van der Waals surface area contributed by atoms with Crippen LogP contribution in [-0.4, -0.2) is 24.2 Å². The molecule has 0 aliphatic carbocycles. The molecule has 1 amide bonds. The third kappa shape index (κ3) is 4.86. The second kappa shape index (κ2) is 7.33. The number of aliphatic hydroxyl groups excluding tert-OH is 1. The molecular weight excluding hydrogens is 294 g/mol. The highest BCUT2D eigenvalue weighted by Gasteiger charge is 2.17. The van der Waals surface area contributed by atoms with Crippen LogP contribution in [0.4, 0.5) is 0 Å². The number of rotatable bonds is 6. The summed E-state index contributed by atoms with van der Waals surface area (Å²) in [6.45, 7) is 6.06. The van der Waals surface area contributed by atoms with Gasteiger partial charge >= 0.3 is 0 Å². The number of ether oxygens (including phenoxy) is 1. The lowest BCUT2D eigenvalue weighted by molar-refractivity contribution is -0.124. The van der Waals surface area contributed by atoms with Crippen molar-refractivity contribution in [3.63, 3.8) is 0 Å². The molecule has 0 bridgehead atoms. The maximum absolute atomic E-state index is 11.9. The summed E-state index contributed by atoms with van der Waals surface area (Å²) in [7, 11) is 0. The van der Waals surface area contributed by atoms with Crippen LogP contribution in [0.3, 0.4) is 0 Å². The summed E-state index contributed by atoms with van der Waals surface area (Å²) in [5.41, 5.74) is 1.28. The minimum atomic E-state index is -0.565. The van der Waals surface area contributed by atoms with E-state index >= 15 is 0 Å². The second-order valence-electron chi connectivity index (χ2n) is 6.38. The molecule has 1 unspecified atom stereocenters. The Morgan fingerprint density at radius 1 is 1.26 bits per heavy atom. The normalized spacial score (nSPS) is 12.7. The largest absolute Gasteiger partial charge is 0.484 e. The first-order valence-corrected chi connectivity index (χ1v) is 7.57. The van der Waals surface area contributed by atoms with Gasteiger partial charge in [-0.15, -0.1) is 0 Å². The highest BCUT2D eigenvalue weighted by Crippen LogP contribution is 2.24. The van der Waals surface area contributed by atoms with Crippen molar-refractivity contribution in [2.75, 3.05) is 13.2 Å². The van der Waals surface area contributed by atoms with E-state index in [1.165, 1.54) is 11.8 Å². The molecule has 0 fully saturated rings. The maximum Gasteiger partial charge on any atom is 0.258 e. The second-order valence-corrected chi connectivity index (χ2v) is 6.38. The van der Waals surface area contributed by atoms with Crippen LogP contribution in [0, 0.1) is 0 Å². The van der Waals surface area contributed by atoms with E-state index in [2.05, 4.69) is 26.1 Å². The number of carbonyl (C=O) groups excluding carboxylic acids is 1. The summed E-state index contributed by atoms with van der Waals surface area (Å²) < 4.78 is 10.7. The smallest absolute Gasteiger partial charge is 0.258 e. The average molecular weight is 317 g/mol. The molecule has 0 spiro atoms. The highest BCUT2D eigenvalue weighted by molar-refractivity contribution is 5.78. The van der Waals surface area contributed by atoms with Gasteiger partial charge in [0.1, 0.15) is 17.6 Å². The van der Waals surface area contributed by atoms with Crippen molar-refractivity contribution in [3.8, 4) is 5.75 Å². The summed E-state index contributed by atoms with van der Waals surface area (Å²) in [5.74, 6) is 0.822. The van der Waals surface area contributed by atoms with Crippen LogP contribution >= 0.6 is 0 Å². The lowest BCUT2D eigenvalue weighted by Gasteiger charge is -2.19. The molecule has 1 aromatic heterocycles. The summed E-state index contributed by atoms with van der Waals surface area (Å²) in [5, 5.41) is 12.0. The van der Waals surface area contributed by atoms with Gasteiger partial charge in [-0.05, 0) is 35.2 Å². The Balaban J connectivity index is 1.86. The van der Waals surface area contributed by atoms with Crippen LogP contribution in [0.2, 0.25) is 0 Å². The van der Waals surface area contributed by atoms with Gasteiger partial charge in [0.15, 0.2) is 6.61 Å². The van der Waals surface area contributed by atoms with Gasteiger partial charge < -0.3 is 19.6 Å². The molecule has 0 saturated heterocycles. The summed E-state index contributed by atoms with van der Waals surface area (Å²) >= 11 is 0. The van der Waals surface area contributed by atoms with Crippen LogP contribution in [-0.2, 0) is 10.2 Å². The van der Waals surface area contributed by atoms with E-state index in [1.807, 2.05) is 24.3 Å². The maximum atomic E-state index is 11.9. The van der Waals surface area contributed by atoms with Crippen LogP contribution in [0.5, 0.6) is 5.75 Å². The summed E-state index contributed by atoms with van der Waals surface area (Å²) in [6.07, 6.45) is 1.50. The molecular formula is C18H23NO4. The van der Waals surface area contributed by atoms with E-state index in [4.69, 9.17) is 9.15 Å². The SMILES string of the molecule is CC(C)(C)c1ccc(OCC(=O)NC(CO)c2ccco2)cc1. The molecule has 1 aromatic carbocycles. The fraction of sp³-hybridized carbons (Fsp3) is 0.389. The molecule has 2 rings (SSSR count). The van der Waals surface area contributed by atoms with Gasteiger partial charge in [0.25, 0.3) is 5.91 Å². The van der Waals surface area contributed by atoms with Crippen LogP contribution in [0.25, 0.3) is 0 Å². The van der Waals surface area contributed by atoms with Crippen molar-refractivity contribution in [1.82, 2.24) is 5.32 Å². The van der Waals surface area contributed by atoms with Crippen molar-refractivity contribution >= 4 is 5.91 Å². The van der Waals surface area contributed by atoms with Gasteiger partial charge in [0, 0.05) is 0 Å². The van der Waals surface area contributed by atoms with Crippen molar-refractivity contribution in [1.29, 1.82) is 0 Å². The van der Waals surface area contributed by atoms with E-state index in [1.54, 1.807) is 12.1 Å². The van der Waals surface area contributed by atoms with Gasteiger partial charge in [-0.25, -0.2) is 0 Å². The van der Waals surface area contributed by atoms with Crippen LogP contribution < -0.4 is 10.1 Å². The zero-order chi connectivity index (χ0) is 16.9. The zero-order valence-corrected chi connectivity index (χ0v) is 13.7. The van der Waals surface area contributed by atoms with Gasteiger partial charge in [0.05, 0.1) is 12.9 Å². The van der Waals surface area contributed by atoms with E-state index < -0.39 is 6.04 Å². The van der Waals surface area contributed by atoms with Crippen LogP contribution in [0.1, 0.15) is 38.1 Å². The third-order valence-corrected chi connectivity index (χ3v) is 3.49. The van der Waals surface area contributed by atoms with Crippen LogP contribution in [0.15, 0.2) is 47.1 Å². The summed E-state index contributed by atoms with van der Waals surface area (Å²) in [4.78, 5) is 11.9. The Morgan fingerprint density at radius 3 is 2.48 bits per heavy atom. The molecule has 124 valence electrons. The number of hydrogen-bond donors (Lipinski definition) is 2. The molecule has 23 heavy (non-hydrogen) atoms. The predicted molar refractivity (Wildman–Crippen MR) is 87.3 cm³/mol. The molecule has 5 nitrogen and oxygen atoms in total. The number of nitrogens with one attached hydrogen (secondary N) is 1. The first-order chi connectivity index (χ1) is 10.9. The van der Waals surface area contributed by atoms with Gasteiger partial charge in [0.2, 0.25) is 0 Å². The Morgan fingerprint density at radius 2 is 1.96 bits per heavy atom. The quantitative estimate of drug-likeness (QED) is 0.859. The molecule has 2 N–H and O–H groups in total. The van der Waals surface area contributed by atoms with E-state index in [0.29, 0.717) is 11.5 Å². The Kier molecular flexibility index (Phi) is 5.45. The van der Waals surface area contributed by atoms with Gasteiger partial charge in [-0.2, -0.15) is 0 Å². The lowest BCUT2D eigenvalue weighted by Crippen LogP contribution is -2.34. The molecule has 5 heteroatoms. The van der Waals surface area contributed by atoms with Crippen molar-refractivity contribution in [3.05, 3.63) is 54.0 Å². The Bertz CT molecular complexity index is 611. The number of amides is 1. The molecule has 0 saturated carbocycles. The fourth-order valence-electron chi connectivity index (χ4n) is 2.13. The number of aliphatic hydroxyl groups is 1. The highest BCUT2D eigenvalue weighted by atomic mass is 16.5. The Hall–Kier alpha value is -2.27. The monoisotopic (exact) mass is 317 g/mol. The Labute approximate surface area is 136 Å². The lowest BCUT2D eigenvalue weighted by atomic mass is 9.87.